The Morgan fingerprint density at radius 2 is 2.15 bits per heavy atom. The average molecular weight is 288 g/mol. The zero-order valence-corrected chi connectivity index (χ0v) is 12.6. The van der Waals surface area contributed by atoms with Crippen molar-refractivity contribution < 1.29 is 4.79 Å². The monoisotopic (exact) mass is 288 g/mol. The lowest BCUT2D eigenvalue weighted by Crippen LogP contribution is -2.37. The first-order valence-corrected chi connectivity index (χ1v) is 8.07. The highest BCUT2D eigenvalue weighted by Gasteiger charge is 2.24. The summed E-state index contributed by atoms with van der Waals surface area (Å²) in [6.45, 7) is 3.05. The Labute approximate surface area is 123 Å². The van der Waals surface area contributed by atoms with Gasteiger partial charge in [-0.3, -0.25) is 4.79 Å². The Balaban J connectivity index is 1.91. The molecule has 2 heterocycles. The largest absolute Gasteiger partial charge is 0.399 e. The molecule has 1 atom stereocenters. The third-order valence-corrected chi connectivity index (χ3v) is 5.17. The van der Waals surface area contributed by atoms with Crippen LogP contribution in [0.1, 0.15) is 42.3 Å². The predicted octanol–water partition coefficient (Wildman–Crippen LogP) is 3.89. The van der Waals surface area contributed by atoms with Crippen molar-refractivity contribution in [1.29, 1.82) is 0 Å². The van der Waals surface area contributed by atoms with Gasteiger partial charge >= 0.3 is 0 Å². The molecule has 0 spiro atoms. The number of amides is 1. The van der Waals surface area contributed by atoms with Crippen LogP contribution in [0.4, 0.5) is 5.69 Å². The highest BCUT2D eigenvalue weighted by Crippen LogP contribution is 2.29. The van der Waals surface area contributed by atoms with Gasteiger partial charge in [0.05, 0.1) is 4.88 Å². The highest BCUT2D eigenvalue weighted by molar-refractivity contribution is 7.20. The molecule has 2 aromatic rings. The number of nitrogen functional groups attached to an aromatic ring is 1. The van der Waals surface area contributed by atoms with Gasteiger partial charge in [-0.05, 0) is 49.4 Å². The molecular formula is C16H20N2OS. The van der Waals surface area contributed by atoms with Crippen LogP contribution in [0.3, 0.4) is 0 Å². The molecule has 0 bridgehead atoms. The molecule has 1 aliphatic rings. The number of rotatable bonds is 1. The summed E-state index contributed by atoms with van der Waals surface area (Å²) < 4.78 is 1.13. The lowest BCUT2D eigenvalue weighted by molar-refractivity contribution is 0.0703. The summed E-state index contributed by atoms with van der Waals surface area (Å²) in [5, 5.41) is 1.07. The van der Waals surface area contributed by atoms with Crippen LogP contribution < -0.4 is 5.73 Å². The van der Waals surface area contributed by atoms with Crippen molar-refractivity contribution in [2.45, 2.75) is 38.6 Å². The van der Waals surface area contributed by atoms with Gasteiger partial charge in [-0.15, -0.1) is 11.3 Å². The van der Waals surface area contributed by atoms with Crippen LogP contribution in [0.25, 0.3) is 10.1 Å². The Hall–Kier alpha value is -1.55. The highest BCUT2D eigenvalue weighted by atomic mass is 32.1. The number of hydrogen-bond donors (Lipinski definition) is 1. The fraction of sp³-hybridized carbons (Fsp3) is 0.438. The SMILES string of the molecule is CC1CCCCCN1C(=O)c1cc2cc(N)ccc2s1. The molecule has 1 fully saturated rings. The molecule has 0 radical (unpaired) electrons. The van der Waals surface area contributed by atoms with Gasteiger partial charge < -0.3 is 10.6 Å². The summed E-state index contributed by atoms with van der Waals surface area (Å²) in [7, 11) is 0. The van der Waals surface area contributed by atoms with Crippen molar-refractivity contribution in [3.05, 3.63) is 29.1 Å². The predicted molar refractivity (Wildman–Crippen MR) is 85.2 cm³/mol. The van der Waals surface area contributed by atoms with E-state index in [0.717, 1.165) is 40.0 Å². The second-order valence-electron chi connectivity index (χ2n) is 5.60. The summed E-state index contributed by atoms with van der Waals surface area (Å²) >= 11 is 1.57. The third-order valence-electron chi connectivity index (χ3n) is 4.06. The van der Waals surface area contributed by atoms with E-state index in [1.807, 2.05) is 29.2 Å². The molecule has 0 saturated carbocycles. The smallest absolute Gasteiger partial charge is 0.264 e. The Morgan fingerprint density at radius 1 is 1.30 bits per heavy atom. The van der Waals surface area contributed by atoms with E-state index in [1.54, 1.807) is 11.3 Å². The van der Waals surface area contributed by atoms with E-state index < -0.39 is 0 Å². The fourth-order valence-electron chi connectivity index (χ4n) is 2.89. The van der Waals surface area contributed by atoms with Crippen LogP contribution in [0.2, 0.25) is 0 Å². The van der Waals surface area contributed by atoms with Crippen LogP contribution in [0.15, 0.2) is 24.3 Å². The van der Waals surface area contributed by atoms with Gasteiger partial charge in [0, 0.05) is 23.0 Å². The van der Waals surface area contributed by atoms with Crippen LogP contribution >= 0.6 is 11.3 Å². The molecule has 3 nitrogen and oxygen atoms in total. The zero-order chi connectivity index (χ0) is 14.1. The summed E-state index contributed by atoms with van der Waals surface area (Å²) in [4.78, 5) is 15.6. The van der Waals surface area contributed by atoms with Gasteiger partial charge in [0.25, 0.3) is 5.91 Å². The van der Waals surface area contributed by atoms with Gasteiger partial charge in [0.1, 0.15) is 0 Å². The first-order chi connectivity index (χ1) is 9.65. The van der Waals surface area contributed by atoms with E-state index in [9.17, 15) is 4.79 Å². The number of likely N-dealkylation sites (tertiary alicyclic amines) is 1. The number of anilines is 1. The number of nitrogens with zero attached hydrogens (tertiary/aromatic N) is 1. The number of hydrogen-bond acceptors (Lipinski definition) is 3. The Bertz CT molecular complexity index is 634. The molecule has 20 heavy (non-hydrogen) atoms. The van der Waals surface area contributed by atoms with Crippen LogP contribution in [0, 0.1) is 0 Å². The van der Waals surface area contributed by atoms with E-state index in [0.29, 0.717) is 6.04 Å². The molecule has 0 aliphatic carbocycles. The molecule has 1 aromatic carbocycles. The molecule has 1 aromatic heterocycles. The Morgan fingerprint density at radius 3 is 3.00 bits per heavy atom. The molecule has 3 rings (SSSR count). The van der Waals surface area contributed by atoms with Crippen molar-refractivity contribution in [2.75, 3.05) is 12.3 Å². The Kier molecular flexibility index (Phi) is 3.66. The first kappa shape index (κ1) is 13.4. The lowest BCUT2D eigenvalue weighted by atomic mass is 10.1. The standard InChI is InChI=1S/C16H20N2OS/c1-11-5-3-2-4-8-18(11)16(19)15-10-12-9-13(17)6-7-14(12)20-15/h6-7,9-11H,2-5,8,17H2,1H3. The van der Waals surface area contributed by atoms with Crippen molar-refractivity contribution in [3.8, 4) is 0 Å². The second-order valence-corrected chi connectivity index (χ2v) is 6.69. The number of nitrogens with two attached hydrogens (primary N) is 1. The number of carbonyl (C=O) groups is 1. The minimum atomic E-state index is 0.180. The molecular weight excluding hydrogens is 268 g/mol. The quantitative estimate of drug-likeness (QED) is 0.809. The number of fused-ring (bicyclic) bond motifs is 1. The molecule has 1 saturated heterocycles. The normalized spacial score (nSPS) is 20.1. The van der Waals surface area contributed by atoms with Crippen molar-refractivity contribution in [1.82, 2.24) is 4.90 Å². The van der Waals surface area contributed by atoms with E-state index in [4.69, 9.17) is 5.73 Å². The first-order valence-electron chi connectivity index (χ1n) is 7.25. The van der Waals surface area contributed by atoms with Crippen LogP contribution in [-0.4, -0.2) is 23.4 Å². The maximum absolute atomic E-state index is 12.7. The summed E-state index contributed by atoms with van der Waals surface area (Å²) in [6, 6.07) is 8.16. The second kappa shape index (κ2) is 5.44. The van der Waals surface area contributed by atoms with Crippen molar-refractivity contribution in [3.63, 3.8) is 0 Å². The summed E-state index contributed by atoms with van der Waals surface area (Å²) in [6.07, 6.45) is 4.70. The minimum Gasteiger partial charge on any atom is -0.399 e. The molecule has 1 aliphatic heterocycles. The summed E-state index contributed by atoms with van der Waals surface area (Å²) in [5.74, 6) is 0.180. The van der Waals surface area contributed by atoms with Crippen molar-refractivity contribution >= 4 is 33.0 Å². The van der Waals surface area contributed by atoms with Gasteiger partial charge in [-0.25, -0.2) is 0 Å². The van der Waals surface area contributed by atoms with Crippen LogP contribution in [0.5, 0.6) is 0 Å². The maximum Gasteiger partial charge on any atom is 0.264 e. The maximum atomic E-state index is 12.7. The van der Waals surface area contributed by atoms with E-state index in [-0.39, 0.29) is 5.91 Å². The van der Waals surface area contributed by atoms with E-state index in [2.05, 4.69) is 6.92 Å². The lowest BCUT2D eigenvalue weighted by Gasteiger charge is -2.26. The van der Waals surface area contributed by atoms with Gasteiger partial charge in [0.2, 0.25) is 0 Å². The van der Waals surface area contributed by atoms with Gasteiger partial charge in [-0.2, -0.15) is 0 Å². The fourth-order valence-corrected chi connectivity index (χ4v) is 3.88. The van der Waals surface area contributed by atoms with E-state index >= 15 is 0 Å². The molecule has 4 heteroatoms. The number of carbonyl (C=O) groups excluding carboxylic acids is 1. The van der Waals surface area contributed by atoms with Crippen LogP contribution in [-0.2, 0) is 0 Å². The van der Waals surface area contributed by atoms with E-state index in [1.165, 1.54) is 12.8 Å². The number of benzene rings is 1. The van der Waals surface area contributed by atoms with Crippen molar-refractivity contribution in [2.24, 2.45) is 0 Å². The average Bonchev–Trinajstić information content (AvgIpc) is 2.72. The number of thiophene rings is 1. The molecule has 1 unspecified atom stereocenters. The molecule has 106 valence electrons. The summed E-state index contributed by atoms with van der Waals surface area (Å²) in [5.41, 5.74) is 6.55. The topological polar surface area (TPSA) is 46.3 Å². The zero-order valence-electron chi connectivity index (χ0n) is 11.8. The third kappa shape index (κ3) is 2.52. The molecule has 2 N–H and O–H groups in total. The molecule has 1 amide bonds. The minimum absolute atomic E-state index is 0.180. The van der Waals surface area contributed by atoms with Gasteiger partial charge in [0.15, 0.2) is 0 Å². The van der Waals surface area contributed by atoms with Gasteiger partial charge in [-0.1, -0.05) is 12.8 Å².